The molecule has 0 unspecified atom stereocenters. The molecule has 2 fully saturated rings. The Hall–Kier alpha value is -5.90. The number of ether oxygens (including phenoxy) is 2. The highest BCUT2D eigenvalue weighted by molar-refractivity contribution is 6.15. The number of carbonyl (C=O) groups excluding carboxylic acids is 2. The first kappa shape index (κ1) is 39.6. The summed E-state index contributed by atoms with van der Waals surface area (Å²) in [6, 6.07) is 40.5. The lowest BCUT2D eigenvalue weighted by Gasteiger charge is -2.41. The second-order valence-electron chi connectivity index (χ2n) is 16.7. The lowest BCUT2D eigenvalue weighted by molar-refractivity contribution is 0.0535. The quantitative estimate of drug-likeness (QED) is 0.130. The molecule has 308 valence electrons. The number of carbonyl (C=O) groups is 2. The fourth-order valence-electron chi connectivity index (χ4n) is 9.50. The molecule has 6 aromatic rings. The van der Waals surface area contributed by atoms with Gasteiger partial charge in [0.05, 0.1) is 29.4 Å². The molecule has 9 nitrogen and oxygen atoms in total. The smallest absolute Gasteiger partial charge is 0.260 e. The number of amides is 2. The van der Waals surface area contributed by atoms with E-state index in [1.165, 1.54) is 17.5 Å². The zero-order chi connectivity index (χ0) is 41.0. The lowest BCUT2D eigenvalue weighted by Crippen LogP contribution is -2.53. The average molecular weight is 802 g/mol. The van der Waals surface area contributed by atoms with E-state index in [4.69, 9.17) is 9.47 Å². The standard InChI is InChI=1S/C51H55N5O4/c1-52-26-28-53(29-27-52)34-42-30-38-18-12-13-19-39(38)33-54(42)50(57)44-31-49(60-36-37-16-6-3-7-17-37)48(59-2)32-47(44)55-35-45(43-24-14-15-25-46(43)55)51(58)56(40-20-8-4-9-21-40)41-22-10-5-11-23-41/h3-4,6-9,12-21,24-25,31-32,35,41-42H,5,10-11,22-23,26-30,33-34,36H2,1-2H3/t42-/m0/s1. The van der Waals surface area contributed by atoms with Crippen molar-refractivity contribution in [3.05, 3.63) is 155 Å². The Kier molecular flexibility index (Phi) is 11.7. The van der Waals surface area contributed by atoms with Gasteiger partial charge < -0.3 is 28.7 Å². The number of likely N-dealkylation sites (N-methyl/N-ethyl adjacent to an activating group) is 1. The highest BCUT2D eigenvalue weighted by Crippen LogP contribution is 2.39. The molecule has 9 rings (SSSR count). The maximum Gasteiger partial charge on any atom is 0.260 e. The predicted octanol–water partition coefficient (Wildman–Crippen LogP) is 9.01. The number of benzene rings is 5. The van der Waals surface area contributed by atoms with Gasteiger partial charge in [0.15, 0.2) is 11.5 Å². The topological polar surface area (TPSA) is 70.5 Å². The summed E-state index contributed by atoms with van der Waals surface area (Å²) >= 11 is 0. The molecule has 1 saturated carbocycles. The number of aromatic nitrogens is 1. The molecule has 2 aliphatic heterocycles. The van der Waals surface area contributed by atoms with Crippen molar-refractivity contribution in [2.24, 2.45) is 0 Å². The van der Waals surface area contributed by atoms with E-state index in [9.17, 15) is 0 Å². The second kappa shape index (κ2) is 17.8. The maximum absolute atomic E-state index is 15.6. The summed E-state index contributed by atoms with van der Waals surface area (Å²) in [7, 11) is 3.81. The largest absolute Gasteiger partial charge is 0.493 e. The Bertz CT molecular complexity index is 2440. The first-order valence-corrected chi connectivity index (χ1v) is 21.6. The Labute approximate surface area is 353 Å². The zero-order valence-corrected chi connectivity index (χ0v) is 34.8. The molecule has 1 saturated heterocycles. The van der Waals surface area contributed by atoms with E-state index in [1.54, 1.807) is 7.11 Å². The van der Waals surface area contributed by atoms with Crippen molar-refractivity contribution in [1.29, 1.82) is 0 Å². The van der Waals surface area contributed by atoms with Gasteiger partial charge in [0.1, 0.15) is 6.61 Å². The number of methoxy groups -OCH3 is 1. The van der Waals surface area contributed by atoms with Gasteiger partial charge in [-0.15, -0.1) is 0 Å². The molecule has 2 amide bonds. The van der Waals surface area contributed by atoms with Crippen LogP contribution in [0.3, 0.4) is 0 Å². The van der Waals surface area contributed by atoms with Crippen molar-refractivity contribution in [1.82, 2.24) is 19.3 Å². The summed E-state index contributed by atoms with van der Waals surface area (Å²) in [6.45, 7) is 5.55. The van der Waals surface area contributed by atoms with E-state index in [0.29, 0.717) is 41.5 Å². The van der Waals surface area contributed by atoms with Gasteiger partial charge >= 0.3 is 0 Å². The van der Waals surface area contributed by atoms with Gasteiger partial charge in [0.25, 0.3) is 11.8 Å². The van der Waals surface area contributed by atoms with Crippen molar-refractivity contribution in [2.75, 3.05) is 51.8 Å². The molecule has 0 radical (unpaired) electrons. The van der Waals surface area contributed by atoms with Crippen molar-refractivity contribution in [2.45, 2.75) is 63.8 Å². The minimum absolute atomic E-state index is 0.0343. The molecule has 3 heterocycles. The average Bonchev–Trinajstić information content (AvgIpc) is 3.69. The highest BCUT2D eigenvalue weighted by Gasteiger charge is 2.35. The monoisotopic (exact) mass is 801 g/mol. The van der Waals surface area contributed by atoms with E-state index in [0.717, 1.165) is 87.0 Å². The van der Waals surface area contributed by atoms with Crippen LogP contribution in [0.15, 0.2) is 128 Å². The van der Waals surface area contributed by atoms with Crippen LogP contribution in [0.5, 0.6) is 11.5 Å². The number of anilines is 1. The summed E-state index contributed by atoms with van der Waals surface area (Å²) in [5.74, 6) is 0.881. The van der Waals surface area contributed by atoms with Crippen molar-refractivity contribution >= 4 is 28.4 Å². The van der Waals surface area contributed by atoms with Crippen LogP contribution >= 0.6 is 0 Å². The van der Waals surface area contributed by atoms with E-state index in [2.05, 4.69) is 46.0 Å². The fraction of sp³-hybridized carbons (Fsp3) is 0.333. The number of rotatable bonds is 11. The minimum atomic E-state index is -0.0791. The van der Waals surface area contributed by atoms with Crippen molar-refractivity contribution in [3.8, 4) is 17.2 Å². The lowest BCUT2D eigenvalue weighted by atomic mass is 9.92. The van der Waals surface area contributed by atoms with E-state index < -0.39 is 0 Å². The molecular formula is C51H55N5O4. The van der Waals surface area contributed by atoms with Gasteiger partial charge in [0, 0.05) is 74.7 Å². The third-order valence-electron chi connectivity index (χ3n) is 12.8. The fourth-order valence-corrected chi connectivity index (χ4v) is 9.50. The molecule has 9 heteroatoms. The van der Waals surface area contributed by atoms with Crippen LogP contribution < -0.4 is 14.4 Å². The van der Waals surface area contributed by atoms with Crippen molar-refractivity contribution < 1.29 is 19.1 Å². The second-order valence-corrected chi connectivity index (χ2v) is 16.7. The third kappa shape index (κ3) is 8.16. The summed E-state index contributed by atoms with van der Waals surface area (Å²) < 4.78 is 14.6. The van der Waals surface area contributed by atoms with Crippen LogP contribution in [0.2, 0.25) is 0 Å². The Morgan fingerprint density at radius 2 is 1.42 bits per heavy atom. The highest BCUT2D eigenvalue weighted by atomic mass is 16.5. The molecule has 0 spiro atoms. The van der Waals surface area contributed by atoms with Gasteiger partial charge in [0.2, 0.25) is 0 Å². The molecule has 1 aromatic heterocycles. The molecule has 60 heavy (non-hydrogen) atoms. The normalized spacial score (nSPS) is 17.6. The summed E-state index contributed by atoms with van der Waals surface area (Å²) in [6.07, 6.45) is 8.04. The van der Waals surface area contributed by atoms with E-state index >= 15 is 9.59 Å². The number of hydrogen-bond acceptors (Lipinski definition) is 6. The number of hydrogen-bond donors (Lipinski definition) is 0. The van der Waals surface area contributed by atoms with Gasteiger partial charge in [-0.3, -0.25) is 14.5 Å². The third-order valence-corrected chi connectivity index (χ3v) is 12.8. The molecule has 0 bridgehead atoms. The van der Waals surface area contributed by atoms with Crippen LogP contribution in [0.4, 0.5) is 5.69 Å². The summed E-state index contributed by atoms with van der Waals surface area (Å²) in [5, 5.41) is 0.834. The Morgan fingerprint density at radius 3 is 2.17 bits per heavy atom. The first-order chi connectivity index (χ1) is 29.4. The maximum atomic E-state index is 15.6. The molecule has 1 atom stereocenters. The van der Waals surface area contributed by atoms with Gasteiger partial charge in [-0.2, -0.15) is 0 Å². The van der Waals surface area contributed by atoms with Crippen LogP contribution in [-0.2, 0) is 19.6 Å². The molecular weight excluding hydrogens is 747 g/mol. The molecule has 1 aliphatic carbocycles. The van der Waals surface area contributed by atoms with Crippen LogP contribution in [0, 0.1) is 0 Å². The van der Waals surface area contributed by atoms with Gasteiger partial charge in [-0.25, -0.2) is 0 Å². The number of fused-ring (bicyclic) bond motifs is 2. The molecule has 5 aromatic carbocycles. The van der Waals surface area contributed by atoms with Crippen molar-refractivity contribution in [3.63, 3.8) is 0 Å². The van der Waals surface area contributed by atoms with Crippen LogP contribution in [0.25, 0.3) is 16.6 Å². The SMILES string of the molecule is COc1cc(-n2cc(C(=O)N(c3ccccc3)C3CCCCC3)c3ccccc32)c(C(=O)N2Cc3ccccc3C[C@H]2CN2CCN(C)CC2)cc1OCc1ccccc1. The Balaban J connectivity index is 1.17. The van der Waals surface area contributed by atoms with Crippen LogP contribution in [-0.4, -0.2) is 90.0 Å². The minimum Gasteiger partial charge on any atom is -0.493 e. The summed E-state index contributed by atoms with van der Waals surface area (Å²) in [4.78, 5) is 39.7. The molecule has 3 aliphatic rings. The van der Waals surface area contributed by atoms with Gasteiger partial charge in [-0.05, 0) is 67.3 Å². The number of piperazine rings is 1. The molecule has 0 N–H and O–H groups in total. The van der Waals surface area contributed by atoms with Crippen LogP contribution in [0.1, 0.15) is 69.5 Å². The number of para-hydroxylation sites is 2. The number of nitrogens with zero attached hydrogens (tertiary/aromatic N) is 5. The first-order valence-electron chi connectivity index (χ1n) is 21.6. The zero-order valence-electron chi connectivity index (χ0n) is 34.8. The Morgan fingerprint density at radius 1 is 0.733 bits per heavy atom. The van der Waals surface area contributed by atoms with E-state index in [1.807, 2.05) is 113 Å². The van der Waals surface area contributed by atoms with E-state index in [-0.39, 0.29) is 23.9 Å². The summed E-state index contributed by atoms with van der Waals surface area (Å²) in [5.41, 5.74) is 6.94. The van der Waals surface area contributed by atoms with Gasteiger partial charge in [-0.1, -0.05) is 110 Å². The predicted molar refractivity (Wildman–Crippen MR) is 238 cm³/mol.